The SMILES string of the molecule is Cc1c(CC(N)=S)ncn1C.Cl. The molecule has 12 heavy (non-hydrogen) atoms. The number of nitrogens with zero attached hydrogens (tertiary/aromatic N) is 2. The van der Waals surface area contributed by atoms with E-state index in [1.165, 1.54) is 0 Å². The van der Waals surface area contributed by atoms with Gasteiger partial charge in [-0.25, -0.2) is 4.98 Å². The number of hydrogen-bond acceptors (Lipinski definition) is 2. The first-order chi connectivity index (χ1) is 5.11. The van der Waals surface area contributed by atoms with Crippen LogP contribution in [-0.2, 0) is 13.5 Å². The van der Waals surface area contributed by atoms with Crippen molar-refractivity contribution in [3.8, 4) is 0 Å². The third kappa shape index (κ3) is 2.46. The van der Waals surface area contributed by atoms with Crippen LogP contribution in [-0.4, -0.2) is 14.5 Å². The number of halogens is 1. The van der Waals surface area contributed by atoms with E-state index in [9.17, 15) is 0 Å². The van der Waals surface area contributed by atoms with Crippen molar-refractivity contribution in [2.24, 2.45) is 12.8 Å². The Morgan fingerprint density at radius 3 is 2.67 bits per heavy atom. The lowest BCUT2D eigenvalue weighted by Crippen LogP contribution is -2.12. The van der Waals surface area contributed by atoms with Crippen molar-refractivity contribution in [1.82, 2.24) is 9.55 Å². The standard InChI is InChI=1S/C7H11N3S.ClH/c1-5-6(3-7(8)11)9-4-10(5)2;/h4H,3H2,1-2H3,(H2,8,11);1H. The number of rotatable bonds is 2. The molecule has 1 heterocycles. The van der Waals surface area contributed by atoms with E-state index in [-0.39, 0.29) is 12.4 Å². The summed E-state index contributed by atoms with van der Waals surface area (Å²) >= 11 is 4.77. The highest BCUT2D eigenvalue weighted by atomic mass is 35.5. The van der Waals surface area contributed by atoms with Gasteiger partial charge in [0.15, 0.2) is 0 Å². The van der Waals surface area contributed by atoms with Crippen LogP contribution in [0, 0.1) is 6.92 Å². The van der Waals surface area contributed by atoms with Gasteiger partial charge in [0.25, 0.3) is 0 Å². The fraction of sp³-hybridized carbons (Fsp3) is 0.429. The van der Waals surface area contributed by atoms with Crippen LogP contribution in [0.2, 0.25) is 0 Å². The third-order valence-electron chi connectivity index (χ3n) is 1.68. The molecule has 0 fully saturated rings. The molecule has 2 N–H and O–H groups in total. The van der Waals surface area contributed by atoms with Crippen LogP contribution in [0.5, 0.6) is 0 Å². The van der Waals surface area contributed by atoms with Gasteiger partial charge < -0.3 is 10.3 Å². The molecule has 0 aliphatic heterocycles. The molecular formula is C7H12ClN3S. The lowest BCUT2D eigenvalue weighted by Gasteiger charge is -1.97. The summed E-state index contributed by atoms with van der Waals surface area (Å²) < 4.78 is 1.95. The number of aromatic nitrogens is 2. The minimum atomic E-state index is 0. The summed E-state index contributed by atoms with van der Waals surface area (Å²) in [5.41, 5.74) is 7.48. The molecule has 0 aliphatic rings. The minimum absolute atomic E-state index is 0. The number of nitrogens with two attached hydrogens (primary N) is 1. The summed E-state index contributed by atoms with van der Waals surface area (Å²) in [7, 11) is 1.95. The Hall–Kier alpha value is -0.610. The molecule has 68 valence electrons. The van der Waals surface area contributed by atoms with Crippen LogP contribution in [0.1, 0.15) is 11.4 Å². The highest BCUT2D eigenvalue weighted by Crippen LogP contribution is 2.04. The Morgan fingerprint density at radius 2 is 2.33 bits per heavy atom. The van der Waals surface area contributed by atoms with Crippen LogP contribution < -0.4 is 5.73 Å². The summed E-state index contributed by atoms with van der Waals surface area (Å²) in [6, 6.07) is 0. The molecule has 0 radical (unpaired) electrons. The number of thiocarbonyl (C=S) groups is 1. The van der Waals surface area contributed by atoms with Gasteiger partial charge in [-0.05, 0) is 6.92 Å². The van der Waals surface area contributed by atoms with Crippen LogP contribution in [0.15, 0.2) is 6.33 Å². The van der Waals surface area contributed by atoms with Crippen molar-refractivity contribution in [1.29, 1.82) is 0 Å². The molecule has 1 aromatic rings. The Kier molecular flexibility index (Phi) is 4.20. The van der Waals surface area contributed by atoms with E-state index in [0.717, 1.165) is 11.4 Å². The lowest BCUT2D eigenvalue weighted by atomic mass is 10.2. The molecular weight excluding hydrogens is 194 g/mol. The van der Waals surface area contributed by atoms with Gasteiger partial charge in [-0.1, -0.05) is 12.2 Å². The smallest absolute Gasteiger partial charge is 0.0949 e. The van der Waals surface area contributed by atoms with E-state index < -0.39 is 0 Å². The van der Waals surface area contributed by atoms with E-state index in [1.54, 1.807) is 6.33 Å². The fourth-order valence-electron chi connectivity index (χ4n) is 0.878. The Morgan fingerprint density at radius 1 is 1.75 bits per heavy atom. The average Bonchev–Trinajstić information content (AvgIpc) is 2.18. The minimum Gasteiger partial charge on any atom is -0.393 e. The normalized spacial score (nSPS) is 9.17. The molecule has 0 bridgehead atoms. The maximum Gasteiger partial charge on any atom is 0.0949 e. The van der Waals surface area contributed by atoms with Gasteiger partial charge in [-0.15, -0.1) is 12.4 Å². The zero-order valence-electron chi connectivity index (χ0n) is 7.07. The number of imidazole rings is 1. The number of hydrogen-bond donors (Lipinski definition) is 1. The molecule has 0 saturated carbocycles. The molecule has 1 aromatic heterocycles. The monoisotopic (exact) mass is 205 g/mol. The second-order valence-corrected chi connectivity index (χ2v) is 3.06. The maximum absolute atomic E-state index is 5.38. The van der Waals surface area contributed by atoms with Gasteiger partial charge in [-0.3, -0.25) is 0 Å². The zero-order chi connectivity index (χ0) is 8.43. The van der Waals surface area contributed by atoms with Crippen molar-refractivity contribution >= 4 is 29.6 Å². The summed E-state index contributed by atoms with van der Waals surface area (Å²) in [5.74, 6) is 0. The Balaban J connectivity index is 0.00000121. The van der Waals surface area contributed by atoms with Gasteiger partial charge in [0.05, 0.1) is 17.0 Å². The zero-order valence-corrected chi connectivity index (χ0v) is 8.71. The quantitative estimate of drug-likeness (QED) is 0.733. The first kappa shape index (κ1) is 11.4. The molecule has 0 aliphatic carbocycles. The van der Waals surface area contributed by atoms with Crippen molar-refractivity contribution in [2.75, 3.05) is 0 Å². The summed E-state index contributed by atoms with van der Waals surface area (Å²) in [6.07, 6.45) is 2.37. The fourth-order valence-corrected chi connectivity index (χ4v) is 1.02. The topological polar surface area (TPSA) is 43.8 Å². The van der Waals surface area contributed by atoms with Gasteiger partial charge >= 0.3 is 0 Å². The molecule has 0 unspecified atom stereocenters. The number of aryl methyl sites for hydroxylation is 1. The first-order valence-electron chi connectivity index (χ1n) is 3.36. The van der Waals surface area contributed by atoms with Crippen molar-refractivity contribution in [3.63, 3.8) is 0 Å². The van der Waals surface area contributed by atoms with Crippen LogP contribution >= 0.6 is 24.6 Å². The van der Waals surface area contributed by atoms with Crippen LogP contribution in [0.25, 0.3) is 0 Å². The van der Waals surface area contributed by atoms with E-state index in [1.807, 2.05) is 18.5 Å². The summed E-state index contributed by atoms with van der Waals surface area (Å²) in [6.45, 7) is 2.00. The third-order valence-corrected chi connectivity index (χ3v) is 1.82. The van der Waals surface area contributed by atoms with Crippen molar-refractivity contribution < 1.29 is 0 Å². The highest BCUT2D eigenvalue weighted by Gasteiger charge is 2.03. The van der Waals surface area contributed by atoms with Crippen LogP contribution in [0.3, 0.4) is 0 Å². The molecule has 1 rings (SSSR count). The second kappa shape index (κ2) is 4.42. The first-order valence-corrected chi connectivity index (χ1v) is 3.77. The predicted molar refractivity (Wildman–Crippen MR) is 55.7 cm³/mol. The summed E-state index contributed by atoms with van der Waals surface area (Å²) in [4.78, 5) is 4.64. The van der Waals surface area contributed by atoms with Gasteiger partial charge in [0.1, 0.15) is 0 Å². The molecule has 0 amide bonds. The molecule has 0 atom stereocenters. The van der Waals surface area contributed by atoms with E-state index in [2.05, 4.69) is 4.98 Å². The van der Waals surface area contributed by atoms with E-state index >= 15 is 0 Å². The molecule has 5 heteroatoms. The molecule has 3 nitrogen and oxygen atoms in total. The van der Waals surface area contributed by atoms with Crippen molar-refractivity contribution in [3.05, 3.63) is 17.7 Å². The molecule has 0 aromatic carbocycles. The average molecular weight is 206 g/mol. The molecule has 0 saturated heterocycles. The Labute approximate surface area is 83.4 Å². The van der Waals surface area contributed by atoms with E-state index in [0.29, 0.717) is 11.4 Å². The van der Waals surface area contributed by atoms with E-state index in [4.69, 9.17) is 18.0 Å². The predicted octanol–water partition coefficient (Wildman–Crippen LogP) is 0.979. The highest BCUT2D eigenvalue weighted by molar-refractivity contribution is 7.80. The van der Waals surface area contributed by atoms with Crippen molar-refractivity contribution in [2.45, 2.75) is 13.3 Å². The van der Waals surface area contributed by atoms with Gasteiger partial charge in [0.2, 0.25) is 0 Å². The maximum atomic E-state index is 5.38. The summed E-state index contributed by atoms with van der Waals surface area (Å²) in [5, 5.41) is 0. The van der Waals surface area contributed by atoms with Crippen LogP contribution in [0.4, 0.5) is 0 Å². The Bertz CT molecular complexity index is 282. The van der Waals surface area contributed by atoms with Gasteiger partial charge in [-0.2, -0.15) is 0 Å². The molecule has 0 spiro atoms. The lowest BCUT2D eigenvalue weighted by molar-refractivity contribution is 0.870. The second-order valence-electron chi connectivity index (χ2n) is 2.53. The van der Waals surface area contributed by atoms with Gasteiger partial charge in [0, 0.05) is 19.2 Å². The largest absolute Gasteiger partial charge is 0.393 e.